The summed E-state index contributed by atoms with van der Waals surface area (Å²) >= 11 is 10.1. The minimum Gasteiger partial charge on any atom is -0.623 e. The number of thiazole rings is 1. The van der Waals surface area contributed by atoms with Crippen LogP contribution in [0.3, 0.4) is 0 Å². The van der Waals surface area contributed by atoms with Gasteiger partial charge in [-0.15, -0.1) is 11.6 Å². The van der Waals surface area contributed by atoms with Crippen LogP contribution in [-0.2, 0) is 0 Å². The van der Waals surface area contributed by atoms with Crippen molar-refractivity contribution in [3.63, 3.8) is 0 Å². The summed E-state index contributed by atoms with van der Waals surface area (Å²) in [6, 6.07) is 0. The summed E-state index contributed by atoms with van der Waals surface area (Å²) in [4.78, 5) is 5.87. The Morgan fingerprint density at radius 3 is 3.12 bits per heavy atom. The van der Waals surface area contributed by atoms with Crippen LogP contribution in [-0.4, -0.2) is 46.9 Å². The highest BCUT2D eigenvalue weighted by atomic mass is 79.9. The van der Waals surface area contributed by atoms with Crippen LogP contribution < -0.4 is 4.65 Å². The normalized spacial score (nSPS) is 31.1. The molecule has 90 valence electrons. The van der Waals surface area contributed by atoms with E-state index >= 15 is 0 Å². The lowest BCUT2D eigenvalue weighted by Crippen LogP contribution is -2.48. The van der Waals surface area contributed by atoms with E-state index in [0.717, 1.165) is 3.79 Å². The molecule has 1 aromatic heterocycles. The van der Waals surface area contributed by atoms with E-state index in [1.165, 1.54) is 11.3 Å². The average Bonchev–Trinajstić information content (AvgIpc) is 2.75. The zero-order valence-corrected chi connectivity index (χ0v) is 11.5. The van der Waals surface area contributed by atoms with Crippen molar-refractivity contribution in [2.24, 2.45) is 0 Å². The summed E-state index contributed by atoms with van der Waals surface area (Å²) < 4.78 is -0.00786. The van der Waals surface area contributed by atoms with Gasteiger partial charge in [0.05, 0.1) is 16.5 Å². The number of quaternary nitrogens is 1. The Kier molecular flexibility index (Phi) is 3.85. The van der Waals surface area contributed by atoms with Gasteiger partial charge in [0, 0.05) is 12.4 Å². The Bertz CT molecular complexity index is 380. The fraction of sp³-hybridized carbons (Fsp3) is 0.625. The van der Waals surface area contributed by atoms with Gasteiger partial charge in [-0.05, 0) is 27.3 Å². The van der Waals surface area contributed by atoms with Gasteiger partial charge in [0.2, 0.25) is 6.23 Å². The molecule has 1 aromatic rings. The SMILES string of the molecule is [O-][N+]1(c2ncc(Br)s2)CN(CCCl)CC1O. The molecule has 2 rings (SSSR count). The third-order valence-corrected chi connectivity index (χ3v) is 4.26. The lowest BCUT2D eigenvalue weighted by atomic mass is 10.5. The molecule has 0 bridgehead atoms. The number of rotatable bonds is 3. The number of hydroxylamine groups is 2. The molecule has 1 aliphatic heterocycles. The third kappa shape index (κ3) is 2.26. The highest BCUT2D eigenvalue weighted by molar-refractivity contribution is 9.11. The van der Waals surface area contributed by atoms with Crippen LogP contribution in [0.2, 0.25) is 0 Å². The first-order chi connectivity index (χ1) is 7.56. The summed E-state index contributed by atoms with van der Waals surface area (Å²) in [5.41, 5.74) is 0. The molecule has 16 heavy (non-hydrogen) atoms. The van der Waals surface area contributed by atoms with Gasteiger partial charge in [0.15, 0.2) is 0 Å². The molecule has 1 fully saturated rings. The van der Waals surface area contributed by atoms with Crippen LogP contribution >= 0.6 is 38.9 Å². The zero-order valence-electron chi connectivity index (χ0n) is 8.34. The van der Waals surface area contributed by atoms with E-state index in [1.807, 2.05) is 4.90 Å². The molecule has 0 saturated carbocycles. The highest BCUT2D eigenvalue weighted by Gasteiger charge is 2.42. The van der Waals surface area contributed by atoms with Crippen LogP contribution in [0.4, 0.5) is 5.13 Å². The minimum atomic E-state index is -0.985. The first-order valence-corrected chi connectivity index (χ1v) is 6.87. The van der Waals surface area contributed by atoms with Crippen LogP contribution in [0.15, 0.2) is 9.98 Å². The first kappa shape index (κ1) is 12.7. The van der Waals surface area contributed by atoms with Crippen molar-refractivity contribution >= 4 is 44.0 Å². The zero-order chi connectivity index (χ0) is 11.8. The lowest BCUT2D eigenvalue weighted by molar-refractivity contribution is 0.0847. The predicted molar refractivity (Wildman–Crippen MR) is 68.1 cm³/mol. The van der Waals surface area contributed by atoms with Crippen LogP contribution in [0.5, 0.6) is 0 Å². The van der Waals surface area contributed by atoms with Crippen LogP contribution in [0.25, 0.3) is 0 Å². The number of halogens is 2. The molecule has 0 spiro atoms. The molecule has 0 radical (unpaired) electrons. The molecule has 0 aliphatic carbocycles. The largest absolute Gasteiger partial charge is 0.623 e. The van der Waals surface area contributed by atoms with Gasteiger partial charge >= 0.3 is 0 Å². The van der Waals surface area contributed by atoms with Gasteiger partial charge in [-0.25, -0.2) is 4.90 Å². The van der Waals surface area contributed by atoms with Gasteiger partial charge in [-0.2, -0.15) is 4.98 Å². The molecule has 2 heterocycles. The number of β-amino-alcohol motifs (C(OH)–C–C–N with tert-alkyl or cyclic N) is 1. The van der Waals surface area contributed by atoms with Gasteiger partial charge in [0.25, 0.3) is 5.13 Å². The monoisotopic (exact) mass is 327 g/mol. The third-order valence-electron chi connectivity index (χ3n) is 2.50. The van der Waals surface area contributed by atoms with Crippen molar-refractivity contribution < 1.29 is 5.11 Å². The Morgan fingerprint density at radius 2 is 2.56 bits per heavy atom. The van der Waals surface area contributed by atoms with E-state index in [1.54, 1.807) is 6.20 Å². The Balaban J connectivity index is 2.19. The fourth-order valence-electron chi connectivity index (χ4n) is 1.70. The number of aliphatic hydroxyl groups excluding tert-OH is 1. The molecule has 8 heteroatoms. The molecule has 1 N–H and O–H groups in total. The highest BCUT2D eigenvalue weighted by Crippen LogP contribution is 2.35. The molecule has 1 aliphatic rings. The number of alkyl halides is 1. The molecule has 5 nitrogen and oxygen atoms in total. The molecule has 1 saturated heterocycles. The van der Waals surface area contributed by atoms with Gasteiger partial charge < -0.3 is 10.3 Å². The average molecular weight is 329 g/mol. The quantitative estimate of drug-likeness (QED) is 0.519. The summed E-state index contributed by atoms with van der Waals surface area (Å²) in [6.45, 7) is 1.15. The van der Waals surface area contributed by atoms with Gasteiger partial charge in [-0.1, -0.05) is 0 Å². The van der Waals surface area contributed by atoms with Crippen molar-refractivity contribution in [3.8, 4) is 0 Å². The molecule has 2 unspecified atom stereocenters. The predicted octanol–water partition coefficient (Wildman–Crippen LogP) is 1.54. The van der Waals surface area contributed by atoms with E-state index in [-0.39, 0.29) is 6.67 Å². The molecule has 0 aromatic carbocycles. The number of nitrogens with zero attached hydrogens (tertiary/aromatic N) is 3. The number of aliphatic hydroxyl groups is 1. The van der Waals surface area contributed by atoms with E-state index < -0.39 is 10.9 Å². The second kappa shape index (κ2) is 4.85. The van der Waals surface area contributed by atoms with Crippen molar-refractivity contribution in [3.05, 3.63) is 15.2 Å². The minimum absolute atomic E-state index is 0.202. The Hall–Kier alpha value is 0.240. The molecular weight excluding hydrogens is 318 g/mol. The fourth-order valence-corrected chi connectivity index (χ4v) is 3.20. The maximum atomic E-state index is 12.5. The van der Waals surface area contributed by atoms with E-state index in [4.69, 9.17) is 11.6 Å². The lowest BCUT2D eigenvalue weighted by Gasteiger charge is -2.37. The smallest absolute Gasteiger partial charge is 0.290 e. The van der Waals surface area contributed by atoms with Crippen LogP contribution in [0, 0.1) is 5.21 Å². The summed E-state index contributed by atoms with van der Waals surface area (Å²) in [6.07, 6.45) is 0.593. The maximum Gasteiger partial charge on any atom is 0.290 e. The molecular formula is C8H11BrClN3O2S. The van der Waals surface area contributed by atoms with Crippen molar-refractivity contribution in [1.82, 2.24) is 14.5 Å². The summed E-state index contributed by atoms with van der Waals surface area (Å²) in [7, 11) is 0. The van der Waals surface area contributed by atoms with Crippen molar-refractivity contribution in [2.75, 3.05) is 25.6 Å². The Morgan fingerprint density at radius 1 is 1.81 bits per heavy atom. The number of hydrogen-bond acceptors (Lipinski definition) is 5. The van der Waals surface area contributed by atoms with Gasteiger partial charge in [0.1, 0.15) is 6.67 Å². The summed E-state index contributed by atoms with van der Waals surface area (Å²) in [5, 5.41) is 22.7. The number of aromatic nitrogens is 1. The van der Waals surface area contributed by atoms with Gasteiger partial charge in [-0.3, -0.25) is 4.65 Å². The van der Waals surface area contributed by atoms with Crippen molar-refractivity contribution in [2.45, 2.75) is 6.23 Å². The molecule has 2 atom stereocenters. The van der Waals surface area contributed by atoms with Crippen molar-refractivity contribution in [1.29, 1.82) is 0 Å². The van der Waals surface area contributed by atoms with E-state index in [9.17, 15) is 10.3 Å². The second-order valence-corrected chi connectivity index (χ2v) is 6.40. The summed E-state index contributed by atoms with van der Waals surface area (Å²) in [5.74, 6) is 0.453. The second-order valence-electron chi connectivity index (χ2n) is 3.63. The Labute approximate surface area is 111 Å². The number of hydrogen-bond donors (Lipinski definition) is 1. The standard InChI is InChI=1S/C8H11BrClN3O2S/c9-6-3-11-8(16-6)13(15)5-12(2-1-10)4-7(13)14/h3,7,14H,1-2,4-5H2. The van der Waals surface area contributed by atoms with E-state index in [0.29, 0.717) is 24.1 Å². The molecule has 0 amide bonds. The van der Waals surface area contributed by atoms with E-state index in [2.05, 4.69) is 20.9 Å². The first-order valence-electron chi connectivity index (χ1n) is 4.73. The topological polar surface area (TPSA) is 59.4 Å². The maximum absolute atomic E-state index is 12.5. The van der Waals surface area contributed by atoms with Crippen LogP contribution in [0.1, 0.15) is 0 Å².